The van der Waals surface area contributed by atoms with Gasteiger partial charge in [0.05, 0.1) is 6.10 Å². The van der Waals surface area contributed by atoms with Crippen LogP contribution in [0.25, 0.3) is 0 Å². The van der Waals surface area contributed by atoms with E-state index in [-0.39, 0.29) is 0 Å². The van der Waals surface area contributed by atoms with E-state index in [1.165, 1.54) is 38.9 Å². The molecule has 1 fully saturated rings. The Morgan fingerprint density at radius 2 is 1.93 bits per heavy atom. The normalized spacial score (nSPS) is 19.6. The van der Waals surface area contributed by atoms with Crippen LogP contribution < -0.4 is 0 Å². The minimum Gasteiger partial charge on any atom is -0.396 e. The number of nitrogens with zero attached hydrogens (tertiary/aromatic N) is 1. The zero-order chi connectivity index (χ0) is 10.9. The van der Waals surface area contributed by atoms with Crippen molar-refractivity contribution in [2.45, 2.75) is 45.1 Å². The highest BCUT2D eigenvalue weighted by atomic mass is 16.5. The second kappa shape index (κ2) is 8.08. The fourth-order valence-electron chi connectivity index (χ4n) is 2.16. The quantitative estimate of drug-likeness (QED) is 0.655. The Bertz CT molecular complexity index is 142. The molecule has 3 nitrogen and oxygen atoms in total. The van der Waals surface area contributed by atoms with E-state index < -0.39 is 0 Å². The number of hydrogen-bond acceptors (Lipinski definition) is 3. The maximum Gasteiger partial charge on any atom is 0.0599 e. The molecule has 0 aromatic carbocycles. The fraction of sp³-hybridized carbons (Fsp3) is 1.00. The molecule has 0 bridgehead atoms. The number of hydrogen-bond donors (Lipinski definition) is 1. The zero-order valence-corrected chi connectivity index (χ0v) is 9.95. The van der Waals surface area contributed by atoms with Crippen LogP contribution in [0.15, 0.2) is 0 Å². The average molecular weight is 215 g/mol. The maximum atomic E-state index is 8.67. The van der Waals surface area contributed by atoms with Crippen LogP contribution in [-0.4, -0.2) is 49.0 Å². The Balaban J connectivity index is 1.99. The highest BCUT2D eigenvalue weighted by Crippen LogP contribution is 2.14. The third-order valence-electron chi connectivity index (χ3n) is 3.07. The topological polar surface area (TPSA) is 32.7 Å². The molecule has 0 aliphatic carbocycles. The van der Waals surface area contributed by atoms with Gasteiger partial charge in [-0.05, 0) is 45.6 Å². The number of aliphatic hydroxyl groups is 1. The Labute approximate surface area is 93.4 Å². The third kappa shape index (κ3) is 5.50. The maximum absolute atomic E-state index is 8.67. The molecule has 0 amide bonds. The van der Waals surface area contributed by atoms with Gasteiger partial charge >= 0.3 is 0 Å². The van der Waals surface area contributed by atoms with Gasteiger partial charge in [0.1, 0.15) is 0 Å². The Hall–Kier alpha value is -0.120. The van der Waals surface area contributed by atoms with E-state index in [1.54, 1.807) is 0 Å². The van der Waals surface area contributed by atoms with Gasteiger partial charge in [-0.25, -0.2) is 0 Å². The fourth-order valence-corrected chi connectivity index (χ4v) is 2.16. The molecule has 15 heavy (non-hydrogen) atoms. The van der Waals surface area contributed by atoms with Gasteiger partial charge < -0.3 is 14.7 Å². The van der Waals surface area contributed by atoms with Crippen molar-refractivity contribution in [1.29, 1.82) is 0 Å². The van der Waals surface area contributed by atoms with E-state index in [4.69, 9.17) is 9.84 Å². The Morgan fingerprint density at radius 3 is 2.53 bits per heavy atom. The lowest BCUT2D eigenvalue weighted by Gasteiger charge is -2.31. The second-order valence-electron chi connectivity index (χ2n) is 4.28. The second-order valence-corrected chi connectivity index (χ2v) is 4.28. The molecule has 1 aliphatic rings. The summed E-state index contributed by atoms with van der Waals surface area (Å²) in [5, 5.41) is 8.67. The first kappa shape index (κ1) is 12.9. The van der Waals surface area contributed by atoms with Crippen molar-refractivity contribution in [3.05, 3.63) is 0 Å². The molecule has 0 aromatic rings. The molecule has 1 N–H and O–H groups in total. The summed E-state index contributed by atoms with van der Waals surface area (Å²) in [6.45, 7) is 6.82. The highest BCUT2D eigenvalue weighted by Gasteiger charge is 2.18. The first-order valence-corrected chi connectivity index (χ1v) is 6.31. The lowest BCUT2D eigenvalue weighted by Crippen LogP contribution is -2.37. The minimum atomic E-state index is 0.340. The smallest absolute Gasteiger partial charge is 0.0599 e. The van der Waals surface area contributed by atoms with E-state index in [0.29, 0.717) is 12.7 Å². The molecule has 0 atom stereocenters. The summed E-state index contributed by atoms with van der Waals surface area (Å²) in [5.74, 6) is 0. The van der Waals surface area contributed by atoms with Crippen molar-refractivity contribution in [2.24, 2.45) is 0 Å². The monoisotopic (exact) mass is 215 g/mol. The average Bonchev–Trinajstić information content (AvgIpc) is 2.27. The van der Waals surface area contributed by atoms with Crippen LogP contribution >= 0.6 is 0 Å². The number of likely N-dealkylation sites (tertiary alicyclic amines) is 1. The number of piperidine rings is 1. The van der Waals surface area contributed by atoms with Crippen LogP contribution in [-0.2, 0) is 4.74 Å². The van der Waals surface area contributed by atoms with Crippen LogP contribution in [0.5, 0.6) is 0 Å². The van der Waals surface area contributed by atoms with Gasteiger partial charge in [0.2, 0.25) is 0 Å². The van der Waals surface area contributed by atoms with E-state index in [9.17, 15) is 0 Å². The molecule has 3 heteroatoms. The van der Waals surface area contributed by atoms with Gasteiger partial charge in [0.15, 0.2) is 0 Å². The van der Waals surface area contributed by atoms with Crippen molar-refractivity contribution in [1.82, 2.24) is 4.90 Å². The third-order valence-corrected chi connectivity index (χ3v) is 3.07. The predicted octanol–water partition coefficient (Wildman–Crippen LogP) is 1.65. The minimum absolute atomic E-state index is 0.340. The van der Waals surface area contributed by atoms with Crippen LogP contribution in [0.3, 0.4) is 0 Å². The van der Waals surface area contributed by atoms with Gasteiger partial charge in [0.25, 0.3) is 0 Å². The largest absolute Gasteiger partial charge is 0.396 e. The number of aliphatic hydroxyl groups excluding tert-OH is 1. The summed E-state index contributed by atoms with van der Waals surface area (Å²) in [6.07, 6.45) is 6.21. The zero-order valence-electron chi connectivity index (χ0n) is 9.95. The highest BCUT2D eigenvalue weighted by molar-refractivity contribution is 4.72. The summed E-state index contributed by atoms with van der Waals surface area (Å²) in [4.78, 5) is 2.52. The molecule has 0 radical (unpaired) electrons. The molecule has 0 aromatic heterocycles. The summed E-state index contributed by atoms with van der Waals surface area (Å²) in [7, 11) is 0. The Kier molecular flexibility index (Phi) is 6.98. The molecule has 0 spiro atoms. The molecule has 1 rings (SSSR count). The van der Waals surface area contributed by atoms with Crippen molar-refractivity contribution in [3.8, 4) is 0 Å². The molecular formula is C12H25NO2. The molecule has 1 saturated heterocycles. The summed E-state index contributed by atoms with van der Waals surface area (Å²) in [5.41, 5.74) is 0. The van der Waals surface area contributed by atoms with Crippen LogP contribution in [0.1, 0.15) is 39.0 Å². The van der Waals surface area contributed by atoms with Gasteiger partial charge in [-0.15, -0.1) is 0 Å². The summed E-state index contributed by atoms with van der Waals surface area (Å²) < 4.78 is 5.61. The van der Waals surface area contributed by atoms with E-state index in [0.717, 1.165) is 19.4 Å². The van der Waals surface area contributed by atoms with Gasteiger partial charge in [-0.2, -0.15) is 0 Å². The molecule has 0 saturated carbocycles. The predicted molar refractivity (Wildman–Crippen MR) is 62.0 cm³/mol. The molecule has 90 valence electrons. The number of ether oxygens (including phenoxy) is 1. The van der Waals surface area contributed by atoms with Crippen LogP contribution in [0.2, 0.25) is 0 Å². The van der Waals surface area contributed by atoms with Crippen molar-refractivity contribution in [3.63, 3.8) is 0 Å². The molecule has 1 aliphatic heterocycles. The van der Waals surface area contributed by atoms with E-state index in [1.807, 2.05) is 0 Å². The molecular weight excluding hydrogens is 190 g/mol. The number of unbranched alkanes of at least 4 members (excludes halogenated alkanes) is 2. The Morgan fingerprint density at radius 1 is 1.20 bits per heavy atom. The lowest BCUT2D eigenvalue weighted by atomic mass is 10.1. The van der Waals surface area contributed by atoms with Crippen LogP contribution in [0.4, 0.5) is 0 Å². The van der Waals surface area contributed by atoms with Gasteiger partial charge in [0, 0.05) is 26.3 Å². The van der Waals surface area contributed by atoms with E-state index >= 15 is 0 Å². The molecule has 1 heterocycles. The van der Waals surface area contributed by atoms with Crippen molar-refractivity contribution in [2.75, 3.05) is 32.8 Å². The van der Waals surface area contributed by atoms with E-state index in [2.05, 4.69) is 11.8 Å². The first-order valence-electron chi connectivity index (χ1n) is 6.31. The van der Waals surface area contributed by atoms with Gasteiger partial charge in [-0.1, -0.05) is 0 Å². The van der Waals surface area contributed by atoms with Gasteiger partial charge in [-0.3, -0.25) is 0 Å². The van der Waals surface area contributed by atoms with Crippen molar-refractivity contribution >= 4 is 0 Å². The lowest BCUT2D eigenvalue weighted by molar-refractivity contribution is 0.0139. The first-order chi connectivity index (χ1) is 7.36. The van der Waals surface area contributed by atoms with Crippen molar-refractivity contribution < 1.29 is 9.84 Å². The molecule has 0 unspecified atom stereocenters. The summed E-state index contributed by atoms with van der Waals surface area (Å²) >= 11 is 0. The standard InChI is InChI=1S/C12H25NO2/c1-2-15-12-6-9-13(10-7-12)8-4-3-5-11-14/h12,14H,2-11H2,1H3. The SMILES string of the molecule is CCOC1CCN(CCCCCO)CC1. The summed E-state index contributed by atoms with van der Waals surface area (Å²) in [6, 6.07) is 0. The number of rotatable bonds is 7. The van der Waals surface area contributed by atoms with Crippen LogP contribution in [0, 0.1) is 0 Å².